The van der Waals surface area contributed by atoms with Gasteiger partial charge in [-0.2, -0.15) is 0 Å². The number of alkyl carbamates (subject to hydrolysis) is 1. The molecule has 0 heterocycles. The summed E-state index contributed by atoms with van der Waals surface area (Å²) in [4.78, 5) is 62.9. The molecule has 0 aliphatic heterocycles. The Bertz CT molecular complexity index is 1700. The van der Waals surface area contributed by atoms with Gasteiger partial charge in [0.25, 0.3) is 11.6 Å². The molecular formula is C37H48N6O11. The van der Waals surface area contributed by atoms with Gasteiger partial charge in [0, 0.05) is 12.8 Å². The quantitative estimate of drug-likeness (QED) is 0.0419. The summed E-state index contributed by atoms with van der Waals surface area (Å²) in [6.45, 7) is 6.49. The standard InChI is InChI=1S/C37H48N6O11/c1-24(27-20-31(51-5)32(21-30(27)43(49)50)53-18-12-17-33(44)42-48)40-41-35(46)29(23-52-22-26-15-10-7-11-16-26)38-34(45)28(19-25-13-8-6-9-14-25)39-36(47)54-37(2,3)4/h6-11,13-16,20-21,24,28-29,40,48H,12,17-19,22-23H2,1-5H3,(H,38,45)(H,39,47)(H,41,46)(H,42,44)/t24?,28-,29-/m0/s1. The molecule has 292 valence electrons. The van der Waals surface area contributed by atoms with Crippen LogP contribution in [-0.2, 0) is 36.9 Å². The molecule has 3 aromatic rings. The van der Waals surface area contributed by atoms with Crippen molar-refractivity contribution < 1.29 is 48.3 Å². The molecule has 1 unspecified atom stereocenters. The second-order valence-corrected chi connectivity index (χ2v) is 13.1. The zero-order valence-corrected chi connectivity index (χ0v) is 30.9. The summed E-state index contributed by atoms with van der Waals surface area (Å²) in [5.74, 6) is -1.82. The van der Waals surface area contributed by atoms with Gasteiger partial charge in [0.05, 0.1) is 49.5 Å². The van der Waals surface area contributed by atoms with Crippen molar-refractivity contribution in [2.45, 2.75) is 77.3 Å². The van der Waals surface area contributed by atoms with E-state index >= 15 is 0 Å². The molecule has 0 saturated heterocycles. The summed E-state index contributed by atoms with van der Waals surface area (Å²) in [7, 11) is 1.35. The van der Waals surface area contributed by atoms with E-state index in [0.29, 0.717) is 0 Å². The molecule has 3 aromatic carbocycles. The number of methoxy groups -OCH3 is 1. The lowest BCUT2D eigenvalue weighted by Crippen LogP contribution is -2.57. The third kappa shape index (κ3) is 14.3. The number of nitrogens with one attached hydrogen (secondary N) is 5. The summed E-state index contributed by atoms with van der Waals surface area (Å²) < 4.78 is 22.2. The second-order valence-electron chi connectivity index (χ2n) is 13.1. The highest BCUT2D eigenvalue weighted by molar-refractivity contribution is 5.91. The summed E-state index contributed by atoms with van der Waals surface area (Å²) in [5, 5.41) is 26.0. The van der Waals surface area contributed by atoms with Crippen molar-refractivity contribution in [3.05, 3.63) is 99.6 Å². The van der Waals surface area contributed by atoms with Crippen LogP contribution in [0.5, 0.6) is 11.5 Å². The van der Waals surface area contributed by atoms with Crippen molar-refractivity contribution in [2.24, 2.45) is 0 Å². The van der Waals surface area contributed by atoms with E-state index in [-0.39, 0.29) is 61.8 Å². The van der Waals surface area contributed by atoms with Gasteiger partial charge in [0.2, 0.25) is 11.8 Å². The predicted octanol–water partition coefficient (Wildman–Crippen LogP) is 3.79. The monoisotopic (exact) mass is 752 g/mol. The minimum absolute atomic E-state index is 0.00307. The van der Waals surface area contributed by atoms with E-state index in [1.54, 1.807) is 52.0 Å². The number of nitro groups is 1. The molecular weight excluding hydrogens is 704 g/mol. The maximum Gasteiger partial charge on any atom is 0.408 e. The van der Waals surface area contributed by atoms with Gasteiger partial charge >= 0.3 is 6.09 Å². The SMILES string of the molecule is COc1cc(C(C)NNC(=O)[C@H](COCc2ccccc2)NC(=O)[C@H](Cc2ccccc2)NC(=O)OC(C)(C)C)c([N+](=O)[O-])cc1OCCCC(=O)NO. The fourth-order valence-electron chi connectivity index (χ4n) is 4.99. The lowest BCUT2D eigenvalue weighted by atomic mass is 10.0. The third-order valence-corrected chi connectivity index (χ3v) is 7.64. The number of carbonyl (C=O) groups is 4. The number of benzene rings is 3. The molecule has 0 bridgehead atoms. The first-order chi connectivity index (χ1) is 25.7. The molecule has 54 heavy (non-hydrogen) atoms. The van der Waals surface area contributed by atoms with Crippen LogP contribution in [0.3, 0.4) is 0 Å². The predicted molar refractivity (Wildman–Crippen MR) is 195 cm³/mol. The Balaban J connectivity index is 1.80. The van der Waals surface area contributed by atoms with Crippen molar-refractivity contribution in [3.63, 3.8) is 0 Å². The third-order valence-electron chi connectivity index (χ3n) is 7.64. The van der Waals surface area contributed by atoms with Gasteiger partial charge in [-0.15, -0.1) is 0 Å². The molecule has 0 radical (unpaired) electrons. The Morgan fingerprint density at radius 1 is 0.889 bits per heavy atom. The van der Waals surface area contributed by atoms with E-state index in [2.05, 4.69) is 21.5 Å². The van der Waals surface area contributed by atoms with Gasteiger partial charge in [0.15, 0.2) is 11.5 Å². The van der Waals surface area contributed by atoms with Crippen LogP contribution in [0, 0.1) is 10.1 Å². The molecule has 3 rings (SSSR count). The topological polar surface area (TPSA) is 229 Å². The van der Waals surface area contributed by atoms with Gasteiger partial charge in [-0.1, -0.05) is 60.7 Å². The first-order valence-corrected chi connectivity index (χ1v) is 17.1. The Kier molecular flexibility index (Phi) is 16.6. The van der Waals surface area contributed by atoms with Crippen molar-refractivity contribution >= 4 is 29.5 Å². The van der Waals surface area contributed by atoms with E-state index in [1.165, 1.54) is 24.7 Å². The maximum atomic E-state index is 13.8. The fourth-order valence-corrected chi connectivity index (χ4v) is 4.99. The molecule has 0 saturated carbocycles. The number of amides is 4. The van der Waals surface area contributed by atoms with Crippen LogP contribution in [0.25, 0.3) is 0 Å². The molecule has 3 atom stereocenters. The molecule has 0 aromatic heterocycles. The summed E-state index contributed by atoms with van der Waals surface area (Å²) in [5.41, 5.74) is 7.32. The van der Waals surface area contributed by atoms with Gasteiger partial charge in [0.1, 0.15) is 17.7 Å². The number of carbonyl (C=O) groups excluding carboxylic acids is 4. The first-order valence-electron chi connectivity index (χ1n) is 17.1. The van der Waals surface area contributed by atoms with Crippen molar-refractivity contribution in [3.8, 4) is 11.5 Å². The first kappa shape index (κ1) is 42.6. The highest BCUT2D eigenvalue weighted by Crippen LogP contribution is 2.37. The van der Waals surface area contributed by atoms with Gasteiger partial charge in [-0.05, 0) is 51.3 Å². The second kappa shape index (κ2) is 21.1. The molecule has 0 aliphatic carbocycles. The minimum Gasteiger partial charge on any atom is -0.493 e. The lowest BCUT2D eigenvalue weighted by Gasteiger charge is -2.26. The average molecular weight is 753 g/mol. The highest BCUT2D eigenvalue weighted by atomic mass is 16.6. The molecule has 6 N–H and O–H groups in total. The van der Waals surface area contributed by atoms with Crippen molar-refractivity contribution in [1.29, 1.82) is 0 Å². The van der Waals surface area contributed by atoms with E-state index in [4.69, 9.17) is 24.2 Å². The average Bonchev–Trinajstić information content (AvgIpc) is 3.14. The molecule has 17 nitrogen and oxygen atoms in total. The van der Waals surface area contributed by atoms with Crippen LogP contribution in [0.15, 0.2) is 72.8 Å². The van der Waals surface area contributed by atoms with Gasteiger partial charge < -0.3 is 29.6 Å². The smallest absolute Gasteiger partial charge is 0.408 e. The molecule has 4 amide bonds. The zero-order valence-electron chi connectivity index (χ0n) is 30.9. The number of hydrazine groups is 1. The summed E-state index contributed by atoms with van der Waals surface area (Å²) in [6.07, 6.45) is -0.556. The van der Waals surface area contributed by atoms with Crippen LogP contribution >= 0.6 is 0 Å². The van der Waals surface area contributed by atoms with Gasteiger partial charge in [-0.3, -0.25) is 35.1 Å². The highest BCUT2D eigenvalue weighted by Gasteiger charge is 2.30. The van der Waals surface area contributed by atoms with Crippen LogP contribution in [-0.4, -0.2) is 72.0 Å². The van der Waals surface area contributed by atoms with Crippen molar-refractivity contribution in [2.75, 3.05) is 20.3 Å². The number of hydrogen-bond acceptors (Lipinski definition) is 12. The van der Waals surface area contributed by atoms with Crippen LogP contribution < -0.4 is 36.4 Å². The number of rotatable bonds is 20. The molecule has 0 fully saturated rings. The normalized spacial score (nSPS) is 12.7. The largest absolute Gasteiger partial charge is 0.493 e. The van der Waals surface area contributed by atoms with Crippen molar-refractivity contribution in [1.82, 2.24) is 27.0 Å². The number of hydrogen-bond donors (Lipinski definition) is 6. The lowest BCUT2D eigenvalue weighted by molar-refractivity contribution is -0.385. The van der Waals surface area contributed by atoms with E-state index < -0.39 is 52.5 Å². The zero-order chi connectivity index (χ0) is 39.7. The Morgan fingerprint density at radius 2 is 1.54 bits per heavy atom. The summed E-state index contributed by atoms with van der Waals surface area (Å²) in [6, 6.07) is 17.4. The molecule has 0 spiro atoms. The number of ether oxygens (including phenoxy) is 4. The Labute approximate surface area is 313 Å². The number of nitro benzene ring substituents is 1. The number of nitrogens with zero attached hydrogens (tertiary/aromatic N) is 1. The maximum absolute atomic E-state index is 13.8. The van der Waals surface area contributed by atoms with E-state index in [9.17, 15) is 29.3 Å². The molecule has 0 aliphatic rings. The van der Waals surface area contributed by atoms with E-state index in [1.807, 2.05) is 36.4 Å². The minimum atomic E-state index is -1.28. The number of hydroxylamine groups is 1. The summed E-state index contributed by atoms with van der Waals surface area (Å²) >= 11 is 0. The molecule has 17 heteroatoms. The van der Waals surface area contributed by atoms with E-state index in [0.717, 1.165) is 11.1 Å². The Morgan fingerprint density at radius 3 is 2.13 bits per heavy atom. The van der Waals surface area contributed by atoms with Crippen LogP contribution in [0.1, 0.15) is 63.3 Å². The van der Waals surface area contributed by atoms with Crippen LogP contribution in [0.4, 0.5) is 10.5 Å². The van der Waals surface area contributed by atoms with Crippen LogP contribution in [0.2, 0.25) is 0 Å². The van der Waals surface area contributed by atoms with Gasteiger partial charge in [-0.25, -0.2) is 15.7 Å². The Hall–Kier alpha value is -5.78. The fraction of sp³-hybridized carbons (Fsp3) is 0.405.